The summed E-state index contributed by atoms with van der Waals surface area (Å²) in [5.74, 6) is 2.82. The molecule has 1 saturated carbocycles. The van der Waals surface area contributed by atoms with E-state index in [2.05, 4.69) is 65.6 Å². The van der Waals surface area contributed by atoms with Crippen molar-refractivity contribution in [3.63, 3.8) is 0 Å². The van der Waals surface area contributed by atoms with Gasteiger partial charge in [-0.05, 0) is 66.5 Å². The summed E-state index contributed by atoms with van der Waals surface area (Å²) in [7, 11) is 1.72. The van der Waals surface area contributed by atoms with Crippen LogP contribution in [0.15, 0.2) is 60.7 Å². The van der Waals surface area contributed by atoms with E-state index in [1.165, 1.54) is 55.5 Å². The minimum atomic E-state index is 0.907. The van der Waals surface area contributed by atoms with Crippen molar-refractivity contribution in [2.45, 2.75) is 25.7 Å². The molecule has 2 aliphatic rings. The van der Waals surface area contributed by atoms with Crippen LogP contribution in [-0.2, 0) is 0 Å². The summed E-state index contributed by atoms with van der Waals surface area (Å²) in [5, 5.41) is 0. The first-order chi connectivity index (χ1) is 12.8. The number of likely N-dealkylation sites (tertiary alicyclic amines) is 1. The van der Waals surface area contributed by atoms with Crippen molar-refractivity contribution in [2.24, 2.45) is 11.8 Å². The molecule has 2 aromatic rings. The molecule has 0 unspecified atom stereocenters. The molecule has 0 amide bonds. The summed E-state index contributed by atoms with van der Waals surface area (Å²) in [4.78, 5) is 2.66. The molecular weight excluding hydrogens is 318 g/mol. The fourth-order valence-electron chi connectivity index (χ4n) is 4.60. The van der Waals surface area contributed by atoms with Gasteiger partial charge in [0.15, 0.2) is 0 Å². The zero-order valence-corrected chi connectivity index (χ0v) is 15.7. The van der Waals surface area contributed by atoms with E-state index in [1.54, 1.807) is 7.11 Å². The normalized spacial score (nSPS) is 23.7. The van der Waals surface area contributed by atoms with Crippen molar-refractivity contribution >= 4 is 5.57 Å². The van der Waals surface area contributed by atoms with Crippen molar-refractivity contribution in [3.8, 4) is 5.75 Å². The second kappa shape index (κ2) is 8.09. The van der Waals surface area contributed by atoms with Crippen molar-refractivity contribution in [1.29, 1.82) is 0 Å². The molecule has 1 saturated heterocycles. The summed E-state index contributed by atoms with van der Waals surface area (Å²) in [6, 6.07) is 19.2. The van der Waals surface area contributed by atoms with Gasteiger partial charge in [0, 0.05) is 13.1 Å². The number of nitrogens with zero attached hydrogens (tertiary/aromatic N) is 1. The largest absolute Gasteiger partial charge is 0.497 e. The third-order valence-corrected chi connectivity index (χ3v) is 6.06. The van der Waals surface area contributed by atoms with E-state index in [9.17, 15) is 0 Å². The van der Waals surface area contributed by atoms with E-state index >= 15 is 0 Å². The van der Waals surface area contributed by atoms with Gasteiger partial charge in [0.05, 0.1) is 7.11 Å². The summed E-state index contributed by atoms with van der Waals surface area (Å²) >= 11 is 0. The Morgan fingerprint density at radius 3 is 2.46 bits per heavy atom. The predicted molar refractivity (Wildman–Crippen MR) is 108 cm³/mol. The van der Waals surface area contributed by atoms with Gasteiger partial charge in [-0.3, -0.25) is 4.90 Å². The summed E-state index contributed by atoms with van der Waals surface area (Å²) in [5.41, 5.74) is 3.87. The minimum Gasteiger partial charge on any atom is -0.497 e. The molecule has 1 aliphatic heterocycles. The molecule has 2 aromatic carbocycles. The van der Waals surface area contributed by atoms with E-state index in [1.807, 2.05) is 0 Å². The number of hydrogen-bond donors (Lipinski definition) is 0. The van der Waals surface area contributed by atoms with Crippen LogP contribution >= 0.6 is 0 Å². The molecule has 26 heavy (non-hydrogen) atoms. The first-order valence-corrected chi connectivity index (χ1v) is 9.94. The Hall–Kier alpha value is -2.06. The molecule has 2 heteroatoms. The standard InChI is InChI=1S/C24H29NO/c1-26-23-11-9-22(10-12-23)24(21-5-3-2-4-6-21)14-16-25-15-13-19-7-8-20(17-19)18-25/h2-6,9-12,14,19-20H,7-8,13,15-18H2,1H3/b24-14-/t19-,20-/m0/s1. The van der Waals surface area contributed by atoms with Crippen LogP contribution in [0.5, 0.6) is 5.75 Å². The zero-order chi connectivity index (χ0) is 17.8. The molecule has 1 heterocycles. The average Bonchev–Trinajstić information content (AvgIpc) is 3.04. The lowest BCUT2D eigenvalue weighted by atomic mass is 9.97. The molecule has 0 N–H and O–H groups in total. The highest BCUT2D eigenvalue weighted by Gasteiger charge is 2.29. The lowest BCUT2D eigenvalue weighted by Gasteiger charge is -2.23. The lowest BCUT2D eigenvalue weighted by Crippen LogP contribution is -2.29. The molecule has 2 nitrogen and oxygen atoms in total. The number of benzene rings is 2. The Morgan fingerprint density at radius 1 is 0.962 bits per heavy atom. The van der Waals surface area contributed by atoms with Gasteiger partial charge >= 0.3 is 0 Å². The van der Waals surface area contributed by atoms with Crippen LogP contribution < -0.4 is 4.74 Å². The van der Waals surface area contributed by atoms with Crippen LogP contribution in [0, 0.1) is 11.8 Å². The molecule has 0 radical (unpaired) electrons. The SMILES string of the molecule is COc1ccc(/C(=C\CN2CC[C@@H]3CC[C@@H](C3)C2)c2ccccc2)cc1. The minimum absolute atomic E-state index is 0.907. The highest BCUT2D eigenvalue weighted by molar-refractivity contribution is 5.80. The van der Waals surface area contributed by atoms with Crippen LogP contribution in [0.25, 0.3) is 5.57 Å². The van der Waals surface area contributed by atoms with Gasteiger partial charge in [-0.1, -0.05) is 55.0 Å². The van der Waals surface area contributed by atoms with Gasteiger partial charge < -0.3 is 4.74 Å². The van der Waals surface area contributed by atoms with Gasteiger partial charge in [0.1, 0.15) is 5.75 Å². The van der Waals surface area contributed by atoms with E-state index in [-0.39, 0.29) is 0 Å². The quantitative estimate of drug-likeness (QED) is 0.732. The second-order valence-corrected chi connectivity index (χ2v) is 7.81. The summed E-state index contributed by atoms with van der Waals surface area (Å²) in [6.07, 6.45) is 8.18. The Kier molecular flexibility index (Phi) is 5.40. The maximum absolute atomic E-state index is 5.32. The van der Waals surface area contributed by atoms with Crippen LogP contribution in [0.3, 0.4) is 0 Å². The number of fused-ring (bicyclic) bond motifs is 2. The molecule has 2 bridgehead atoms. The van der Waals surface area contributed by atoms with E-state index in [0.29, 0.717) is 0 Å². The fourth-order valence-corrected chi connectivity index (χ4v) is 4.60. The molecule has 136 valence electrons. The molecule has 0 aromatic heterocycles. The van der Waals surface area contributed by atoms with Crippen LogP contribution in [0.4, 0.5) is 0 Å². The van der Waals surface area contributed by atoms with Gasteiger partial charge in [-0.2, -0.15) is 0 Å². The molecule has 2 atom stereocenters. The van der Waals surface area contributed by atoms with E-state index in [4.69, 9.17) is 4.74 Å². The summed E-state index contributed by atoms with van der Waals surface area (Å²) in [6.45, 7) is 3.57. The Bertz CT molecular complexity index is 735. The van der Waals surface area contributed by atoms with Crippen molar-refractivity contribution in [3.05, 3.63) is 71.8 Å². The number of rotatable bonds is 5. The van der Waals surface area contributed by atoms with Crippen LogP contribution in [0.1, 0.15) is 36.8 Å². The second-order valence-electron chi connectivity index (χ2n) is 7.81. The summed E-state index contributed by atoms with van der Waals surface area (Å²) < 4.78 is 5.32. The molecule has 4 rings (SSSR count). The molecule has 2 fully saturated rings. The molecule has 1 aliphatic carbocycles. The first kappa shape index (κ1) is 17.4. The fraction of sp³-hybridized carbons (Fsp3) is 0.417. The maximum atomic E-state index is 5.32. The van der Waals surface area contributed by atoms with Gasteiger partial charge in [0.2, 0.25) is 0 Å². The number of methoxy groups -OCH3 is 1. The highest BCUT2D eigenvalue weighted by atomic mass is 16.5. The number of hydrogen-bond acceptors (Lipinski definition) is 2. The van der Waals surface area contributed by atoms with Gasteiger partial charge in [-0.25, -0.2) is 0 Å². The van der Waals surface area contributed by atoms with E-state index in [0.717, 1.165) is 24.1 Å². The average molecular weight is 348 g/mol. The maximum Gasteiger partial charge on any atom is 0.118 e. The molecular formula is C24H29NO. The Morgan fingerprint density at radius 2 is 1.69 bits per heavy atom. The highest BCUT2D eigenvalue weighted by Crippen LogP contribution is 2.36. The third-order valence-electron chi connectivity index (χ3n) is 6.06. The smallest absolute Gasteiger partial charge is 0.118 e. The third kappa shape index (κ3) is 4.02. The Labute approximate surface area is 157 Å². The van der Waals surface area contributed by atoms with Crippen LogP contribution in [-0.4, -0.2) is 31.6 Å². The lowest BCUT2D eigenvalue weighted by molar-refractivity contribution is 0.260. The zero-order valence-electron chi connectivity index (χ0n) is 15.7. The van der Waals surface area contributed by atoms with E-state index < -0.39 is 0 Å². The predicted octanol–water partition coefficient (Wildman–Crippen LogP) is 5.25. The van der Waals surface area contributed by atoms with Crippen molar-refractivity contribution < 1.29 is 4.74 Å². The molecule has 0 spiro atoms. The van der Waals surface area contributed by atoms with Crippen molar-refractivity contribution in [2.75, 3.05) is 26.7 Å². The Balaban J connectivity index is 1.56. The van der Waals surface area contributed by atoms with Gasteiger partial charge in [0.25, 0.3) is 0 Å². The monoisotopic (exact) mass is 347 g/mol. The van der Waals surface area contributed by atoms with Gasteiger partial charge in [-0.15, -0.1) is 0 Å². The first-order valence-electron chi connectivity index (χ1n) is 9.94. The van der Waals surface area contributed by atoms with Crippen LogP contribution in [0.2, 0.25) is 0 Å². The topological polar surface area (TPSA) is 12.5 Å². The number of ether oxygens (including phenoxy) is 1. The van der Waals surface area contributed by atoms with Crippen molar-refractivity contribution in [1.82, 2.24) is 4.90 Å².